The molecule has 0 radical (unpaired) electrons. The number of likely N-dealkylation sites (N-methyl/N-ethyl adjacent to an activating group) is 1. The van der Waals surface area contributed by atoms with Crippen LogP contribution in [0.1, 0.15) is 31.1 Å². The Morgan fingerprint density at radius 3 is 2.40 bits per heavy atom. The van der Waals surface area contributed by atoms with E-state index in [4.69, 9.17) is 23.2 Å². The number of nitrogens with zero attached hydrogens (tertiary/aromatic N) is 1. The van der Waals surface area contributed by atoms with Crippen LogP contribution in [0.2, 0.25) is 10.0 Å². The van der Waals surface area contributed by atoms with Gasteiger partial charge in [-0.1, -0.05) is 23.2 Å². The molecular weight excluding hydrogens is 299 g/mol. The predicted octanol–water partition coefficient (Wildman–Crippen LogP) is 2.98. The Bertz CT molecular complexity index is 504. The molecule has 0 fully saturated rings. The third-order valence-corrected chi connectivity index (χ3v) is 3.36. The van der Waals surface area contributed by atoms with Gasteiger partial charge in [-0.05, 0) is 39.0 Å². The van der Waals surface area contributed by atoms with E-state index in [1.807, 2.05) is 20.8 Å². The lowest BCUT2D eigenvalue weighted by atomic mass is 10.2. The zero-order valence-electron chi connectivity index (χ0n) is 11.7. The summed E-state index contributed by atoms with van der Waals surface area (Å²) in [6.07, 6.45) is 0. The van der Waals surface area contributed by atoms with Crippen molar-refractivity contribution >= 4 is 35.0 Å². The summed E-state index contributed by atoms with van der Waals surface area (Å²) < 4.78 is 0. The molecule has 0 unspecified atom stereocenters. The van der Waals surface area contributed by atoms with Gasteiger partial charge < -0.3 is 10.2 Å². The van der Waals surface area contributed by atoms with E-state index >= 15 is 0 Å². The van der Waals surface area contributed by atoms with E-state index in [1.165, 1.54) is 11.0 Å². The van der Waals surface area contributed by atoms with E-state index in [-0.39, 0.29) is 24.4 Å². The van der Waals surface area contributed by atoms with Crippen LogP contribution in [0.25, 0.3) is 0 Å². The summed E-state index contributed by atoms with van der Waals surface area (Å²) in [5, 5.41) is 3.47. The summed E-state index contributed by atoms with van der Waals surface area (Å²) in [6.45, 7) is 6.01. The fourth-order valence-electron chi connectivity index (χ4n) is 1.68. The fourth-order valence-corrected chi connectivity index (χ4v) is 1.98. The van der Waals surface area contributed by atoms with Gasteiger partial charge in [-0.15, -0.1) is 0 Å². The molecule has 0 aliphatic heterocycles. The van der Waals surface area contributed by atoms with Crippen molar-refractivity contribution in [3.8, 4) is 0 Å². The second kappa shape index (κ2) is 7.50. The van der Waals surface area contributed by atoms with Crippen LogP contribution in [0.15, 0.2) is 18.2 Å². The van der Waals surface area contributed by atoms with Crippen LogP contribution in [0.5, 0.6) is 0 Å². The minimum Gasteiger partial charge on any atom is -0.352 e. The van der Waals surface area contributed by atoms with Crippen LogP contribution in [0.3, 0.4) is 0 Å². The molecule has 0 bridgehead atoms. The maximum atomic E-state index is 12.3. The van der Waals surface area contributed by atoms with Crippen molar-refractivity contribution in [2.24, 2.45) is 0 Å². The van der Waals surface area contributed by atoms with Crippen LogP contribution >= 0.6 is 23.2 Å². The lowest BCUT2D eigenvalue weighted by Crippen LogP contribution is -2.42. The monoisotopic (exact) mass is 316 g/mol. The normalized spacial score (nSPS) is 10.5. The van der Waals surface area contributed by atoms with Gasteiger partial charge in [0.25, 0.3) is 5.91 Å². The maximum absolute atomic E-state index is 12.3. The molecule has 4 nitrogen and oxygen atoms in total. The number of amides is 2. The SMILES string of the molecule is CCN(CC(=O)NC(C)C)C(=O)c1ccc(Cl)c(Cl)c1. The van der Waals surface area contributed by atoms with E-state index in [0.717, 1.165) is 0 Å². The number of halogens is 2. The Morgan fingerprint density at radius 1 is 1.25 bits per heavy atom. The van der Waals surface area contributed by atoms with Gasteiger partial charge in [0.15, 0.2) is 0 Å². The van der Waals surface area contributed by atoms with Gasteiger partial charge in [0.1, 0.15) is 0 Å². The average molecular weight is 317 g/mol. The van der Waals surface area contributed by atoms with E-state index < -0.39 is 0 Å². The molecule has 1 aromatic rings. The number of carbonyl (C=O) groups is 2. The molecule has 1 aromatic carbocycles. The molecule has 0 spiro atoms. The van der Waals surface area contributed by atoms with Gasteiger partial charge in [0.05, 0.1) is 16.6 Å². The lowest BCUT2D eigenvalue weighted by molar-refractivity contribution is -0.122. The van der Waals surface area contributed by atoms with Gasteiger partial charge in [-0.25, -0.2) is 0 Å². The maximum Gasteiger partial charge on any atom is 0.254 e. The summed E-state index contributed by atoms with van der Waals surface area (Å²) in [5.41, 5.74) is 0.415. The van der Waals surface area contributed by atoms with Crippen LogP contribution in [0.4, 0.5) is 0 Å². The molecule has 2 amide bonds. The zero-order valence-corrected chi connectivity index (χ0v) is 13.3. The Kier molecular flexibility index (Phi) is 6.30. The third-order valence-electron chi connectivity index (χ3n) is 2.62. The second-order valence-electron chi connectivity index (χ2n) is 4.67. The van der Waals surface area contributed by atoms with Gasteiger partial charge in [-0.3, -0.25) is 9.59 Å². The topological polar surface area (TPSA) is 49.4 Å². The number of carbonyl (C=O) groups excluding carboxylic acids is 2. The van der Waals surface area contributed by atoms with Crippen LogP contribution < -0.4 is 5.32 Å². The highest BCUT2D eigenvalue weighted by atomic mass is 35.5. The first-order valence-electron chi connectivity index (χ1n) is 6.38. The van der Waals surface area contributed by atoms with Crippen molar-refractivity contribution in [3.05, 3.63) is 33.8 Å². The molecule has 0 aliphatic rings. The standard InChI is InChI=1S/C14H18Cl2N2O2/c1-4-18(8-13(19)17-9(2)3)14(20)10-5-6-11(15)12(16)7-10/h5-7,9H,4,8H2,1-3H3,(H,17,19). The molecule has 0 heterocycles. The van der Waals surface area contributed by atoms with Crippen molar-refractivity contribution in [2.75, 3.05) is 13.1 Å². The Balaban J connectivity index is 2.81. The van der Waals surface area contributed by atoms with E-state index in [1.54, 1.807) is 12.1 Å². The summed E-state index contributed by atoms with van der Waals surface area (Å²) in [5.74, 6) is -0.430. The first kappa shape index (κ1) is 16.8. The molecule has 0 saturated heterocycles. The fraction of sp³-hybridized carbons (Fsp3) is 0.429. The Labute approximate surface area is 129 Å². The Hall–Kier alpha value is -1.26. The number of benzene rings is 1. The highest BCUT2D eigenvalue weighted by Crippen LogP contribution is 2.23. The first-order valence-corrected chi connectivity index (χ1v) is 7.14. The zero-order chi connectivity index (χ0) is 15.3. The van der Waals surface area contributed by atoms with Crippen molar-refractivity contribution in [1.82, 2.24) is 10.2 Å². The number of hydrogen-bond donors (Lipinski definition) is 1. The minimum atomic E-state index is -0.245. The summed E-state index contributed by atoms with van der Waals surface area (Å²) >= 11 is 11.7. The smallest absolute Gasteiger partial charge is 0.254 e. The van der Waals surface area contributed by atoms with Crippen molar-refractivity contribution in [3.63, 3.8) is 0 Å². The molecule has 20 heavy (non-hydrogen) atoms. The summed E-state index contributed by atoms with van der Waals surface area (Å²) in [6, 6.07) is 4.72. The molecule has 110 valence electrons. The largest absolute Gasteiger partial charge is 0.352 e. The number of rotatable bonds is 5. The molecule has 0 saturated carbocycles. The average Bonchev–Trinajstić information content (AvgIpc) is 2.37. The number of nitrogens with one attached hydrogen (secondary N) is 1. The summed E-state index contributed by atoms with van der Waals surface area (Å²) in [7, 11) is 0. The molecule has 0 atom stereocenters. The summed E-state index contributed by atoms with van der Waals surface area (Å²) in [4.78, 5) is 25.5. The van der Waals surface area contributed by atoms with E-state index in [9.17, 15) is 9.59 Å². The lowest BCUT2D eigenvalue weighted by Gasteiger charge is -2.21. The first-order chi connectivity index (χ1) is 9.35. The number of hydrogen-bond acceptors (Lipinski definition) is 2. The Morgan fingerprint density at radius 2 is 1.90 bits per heavy atom. The molecule has 1 N–H and O–H groups in total. The molecule has 1 rings (SSSR count). The van der Waals surface area contributed by atoms with E-state index in [2.05, 4.69) is 5.32 Å². The van der Waals surface area contributed by atoms with Crippen molar-refractivity contribution < 1.29 is 9.59 Å². The molecule has 0 aromatic heterocycles. The highest BCUT2D eigenvalue weighted by Gasteiger charge is 2.18. The van der Waals surface area contributed by atoms with Crippen molar-refractivity contribution in [1.29, 1.82) is 0 Å². The molecule has 6 heteroatoms. The van der Waals surface area contributed by atoms with Gasteiger partial charge in [0, 0.05) is 18.2 Å². The van der Waals surface area contributed by atoms with Crippen LogP contribution in [0, 0.1) is 0 Å². The van der Waals surface area contributed by atoms with Crippen molar-refractivity contribution in [2.45, 2.75) is 26.8 Å². The van der Waals surface area contributed by atoms with E-state index in [0.29, 0.717) is 22.2 Å². The third kappa shape index (κ3) is 4.69. The molecule has 0 aliphatic carbocycles. The van der Waals surface area contributed by atoms with Gasteiger partial charge >= 0.3 is 0 Å². The van der Waals surface area contributed by atoms with Gasteiger partial charge in [0.2, 0.25) is 5.91 Å². The predicted molar refractivity (Wildman–Crippen MR) is 81.3 cm³/mol. The quantitative estimate of drug-likeness (QED) is 0.907. The second-order valence-corrected chi connectivity index (χ2v) is 5.48. The minimum absolute atomic E-state index is 0.0216. The van der Waals surface area contributed by atoms with Gasteiger partial charge in [-0.2, -0.15) is 0 Å². The van der Waals surface area contributed by atoms with Crippen LogP contribution in [-0.4, -0.2) is 35.8 Å². The molecular formula is C14H18Cl2N2O2. The highest BCUT2D eigenvalue weighted by molar-refractivity contribution is 6.42. The van der Waals surface area contributed by atoms with Crippen LogP contribution in [-0.2, 0) is 4.79 Å².